The van der Waals surface area contributed by atoms with Crippen LogP contribution in [0.2, 0.25) is 0 Å². The highest BCUT2D eigenvalue weighted by atomic mass is 32.2. The number of rotatable bonds is 11. The molecule has 0 radical (unpaired) electrons. The summed E-state index contributed by atoms with van der Waals surface area (Å²) in [5, 5.41) is 2.83. The average Bonchev–Trinajstić information content (AvgIpc) is 2.71. The van der Waals surface area contributed by atoms with Crippen LogP contribution in [0.1, 0.15) is 31.4 Å². The fourth-order valence-electron chi connectivity index (χ4n) is 3.02. The van der Waals surface area contributed by atoms with Crippen molar-refractivity contribution in [1.82, 2.24) is 9.62 Å². The molecule has 6 nitrogen and oxygen atoms in total. The Labute approximate surface area is 180 Å². The van der Waals surface area contributed by atoms with Crippen molar-refractivity contribution < 1.29 is 17.9 Å². The molecular weight excluding hydrogens is 400 g/mol. The van der Waals surface area contributed by atoms with E-state index in [4.69, 9.17) is 4.74 Å². The Morgan fingerprint density at radius 3 is 2.47 bits per heavy atom. The standard InChI is InChI=1S/C23H32N2O4S/c1-18(2)12-14-24-23(26)17-25(15-13-20-8-6-5-7-9-20)30(27,28)22-16-19(3)10-11-21(22)29-4/h5-11,16,18H,12-15,17H2,1-4H3,(H,24,26). The number of carbonyl (C=O) groups is 1. The maximum atomic E-state index is 13.5. The van der Waals surface area contributed by atoms with E-state index in [1.54, 1.807) is 18.2 Å². The molecular formula is C23H32N2O4S. The molecule has 0 unspecified atom stereocenters. The summed E-state index contributed by atoms with van der Waals surface area (Å²) in [5.74, 6) is 0.421. The Kier molecular flexibility index (Phi) is 8.87. The lowest BCUT2D eigenvalue weighted by Crippen LogP contribution is -2.42. The van der Waals surface area contributed by atoms with Gasteiger partial charge in [0.05, 0.1) is 13.7 Å². The van der Waals surface area contributed by atoms with Crippen LogP contribution in [0.25, 0.3) is 0 Å². The zero-order chi connectivity index (χ0) is 22.1. The van der Waals surface area contributed by atoms with Gasteiger partial charge < -0.3 is 10.1 Å². The number of sulfonamides is 1. The van der Waals surface area contributed by atoms with E-state index in [0.717, 1.165) is 17.5 Å². The van der Waals surface area contributed by atoms with Crippen LogP contribution in [0.5, 0.6) is 5.75 Å². The van der Waals surface area contributed by atoms with E-state index in [1.807, 2.05) is 37.3 Å². The third-order valence-corrected chi connectivity index (χ3v) is 6.66. The highest BCUT2D eigenvalue weighted by Crippen LogP contribution is 2.28. The number of hydrogen-bond acceptors (Lipinski definition) is 4. The molecule has 7 heteroatoms. The number of carbonyl (C=O) groups excluding carboxylic acids is 1. The number of nitrogens with one attached hydrogen (secondary N) is 1. The minimum Gasteiger partial charge on any atom is -0.495 e. The van der Waals surface area contributed by atoms with Gasteiger partial charge >= 0.3 is 0 Å². The summed E-state index contributed by atoms with van der Waals surface area (Å²) in [4.78, 5) is 12.6. The molecule has 0 aliphatic rings. The second kappa shape index (κ2) is 11.1. The first-order valence-electron chi connectivity index (χ1n) is 10.2. The minimum absolute atomic E-state index is 0.0769. The first-order chi connectivity index (χ1) is 14.2. The van der Waals surface area contributed by atoms with E-state index in [-0.39, 0.29) is 29.6 Å². The van der Waals surface area contributed by atoms with Crippen LogP contribution in [0, 0.1) is 12.8 Å². The van der Waals surface area contributed by atoms with Crippen LogP contribution >= 0.6 is 0 Å². The summed E-state index contributed by atoms with van der Waals surface area (Å²) in [6.45, 7) is 6.47. The lowest BCUT2D eigenvalue weighted by atomic mass is 10.1. The largest absolute Gasteiger partial charge is 0.495 e. The van der Waals surface area contributed by atoms with Gasteiger partial charge in [0.1, 0.15) is 10.6 Å². The number of aryl methyl sites for hydroxylation is 1. The lowest BCUT2D eigenvalue weighted by molar-refractivity contribution is -0.121. The molecule has 0 aliphatic heterocycles. The zero-order valence-corrected chi connectivity index (χ0v) is 19.0. The quantitative estimate of drug-likeness (QED) is 0.590. The van der Waals surface area contributed by atoms with Crippen molar-refractivity contribution >= 4 is 15.9 Å². The fraction of sp³-hybridized carbons (Fsp3) is 0.435. The van der Waals surface area contributed by atoms with E-state index in [1.165, 1.54) is 11.4 Å². The summed E-state index contributed by atoms with van der Waals surface area (Å²) >= 11 is 0. The van der Waals surface area contributed by atoms with Gasteiger partial charge in [0.25, 0.3) is 0 Å². The van der Waals surface area contributed by atoms with E-state index in [2.05, 4.69) is 19.2 Å². The number of benzene rings is 2. The summed E-state index contributed by atoms with van der Waals surface area (Å²) in [6, 6.07) is 14.7. The maximum Gasteiger partial charge on any atom is 0.247 e. The van der Waals surface area contributed by atoms with Gasteiger partial charge in [-0.25, -0.2) is 8.42 Å². The molecule has 0 fully saturated rings. The number of ether oxygens (including phenoxy) is 1. The van der Waals surface area contributed by atoms with Gasteiger partial charge in [0.2, 0.25) is 15.9 Å². The van der Waals surface area contributed by atoms with Crippen molar-refractivity contribution in [3.8, 4) is 5.75 Å². The van der Waals surface area contributed by atoms with Gasteiger partial charge in [-0.1, -0.05) is 50.2 Å². The van der Waals surface area contributed by atoms with E-state index < -0.39 is 10.0 Å². The number of hydrogen-bond donors (Lipinski definition) is 1. The normalized spacial score (nSPS) is 11.7. The van der Waals surface area contributed by atoms with Crippen molar-refractivity contribution in [1.29, 1.82) is 0 Å². The Hall–Kier alpha value is -2.38. The summed E-state index contributed by atoms with van der Waals surface area (Å²) in [5.41, 5.74) is 1.81. The van der Waals surface area contributed by atoms with Crippen molar-refractivity contribution in [2.45, 2.75) is 38.5 Å². The number of methoxy groups -OCH3 is 1. The molecule has 164 valence electrons. The first kappa shape index (κ1) is 23.9. The molecule has 2 aromatic rings. The summed E-state index contributed by atoms with van der Waals surface area (Å²) in [6.07, 6.45) is 1.35. The van der Waals surface area contributed by atoms with Gasteiger partial charge in [-0.05, 0) is 48.9 Å². The van der Waals surface area contributed by atoms with E-state index in [0.29, 0.717) is 18.9 Å². The first-order valence-corrected chi connectivity index (χ1v) is 11.6. The van der Waals surface area contributed by atoms with Gasteiger partial charge in [-0.3, -0.25) is 4.79 Å². The average molecular weight is 433 g/mol. The Balaban J connectivity index is 2.26. The van der Waals surface area contributed by atoms with E-state index in [9.17, 15) is 13.2 Å². The molecule has 2 aromatic carbocycles. The molecule has 0 spiro atoms. The van der Waals surface area contributed by atoms with Crippen LogP contribution in [-0.4, -0.2) is 45.4 Å². The summed E-state index contributed by atoms with van der Waals surface area (Å²) < 4.78 is 33.5. The van der Waals surface area contributed by atoms with Crippen LogP contribution < -0.4 is 10.1 Å². The molecule has 0 saturated carbocycles. The SMILES string of the molecule is COc1ccc(C)cc1S(=O)(=O)N(CCc1ccccc1)CC(=O)NCCC(C)C. The van der Waals surface area contributed by atoms with Gasteiger partial charge in [-0.15, -0.1) is 0 Å². The van der Waals surface area contributed by atoms with Crippen LogP contribution in [-0.2, 0) is 21.2 Å². The zero-order valence-electron chi connectivity index (χ0n) is 18.2. The second-order valence-electron chi connectivity index (χ2n) is 7.76. The smallest absolute Gasteiger partial charge is 0.247 e. The maximum absolute atomic E-state index is 13.5. The molecule has 0 atom stereocenters. The van der Waals surface area contributed by atoms with Crippen molar-refractivity contribution in [3.05, 3.63) is 59.7 Å². The van der Waals surface area contributed by atoms with Crippen LogP contribution in [0.3, 0.4) is 0 Å². The highest BCUT2D eigenvalue weighted by molar-refractivity contribution is 7.89. The lowest BCUT2D eigenvalue weighted by Gasteiger charge is -2.23. The third-order valence-electron chi connectivity index (χ3n) is 4.79. The molecule has 30 heavy (non-hydrogen) atoms. The Morgan fingerprint density at radius 1 is 1.13 bits per heavy atom. The molecule has 0 heterocycles. The predicted molar refractivity (Wildman–Crippen MR) is 119 cm³/mol. The van der Waals surface area contributed by atoms with Gasteiger partial charge in [-0.2, -0.15) is 4.31 Å². The van der Waals surface area contributed by atoms with Crippen LogP contribution in [0.15, 0.2) is 53.4 Å². The molecule has 0 aliphatic carbocycles. The summed E-state index contributed by atoms with van der Waals surface area (Å²) in [7, 11) is -2.48. The Bertz CT molecular complexity index is 927. The van der Waals surface area contributed by atoms with Crippen molar-refractivity contribution in [3.63, 3.8) is 0 Å². The fourth-order valence-corrected chi connectivity index (χ4v) is 4.66. The topological polar surface area (TPSA) is 75.7 Å². The van der Waals surface area contributed by atoms with Gasteiger partial charge in [0.15, 0.2) is 0 Å². The minimum atomic E-state index is -3.93. The molecule has 1 amide bonds. The second-order valence-corrected chi connectivity index (χ2v) is 9.67. The monoisotopic (exact) mass is 432 g/mol. The number of amides is 1. The van der Waals surface area contributed by atoms with Crippen molar-refractivity contribution in [2.24, 2.45) is 5.92 Å². The van der Waals surface area contributed by atoms with Crippen molar-refractivity contribution in [2.75, 3.05) is 26.7 Å². The highest BCUT2D eigenvalue weighted by Gasteiger charge is 2.29. The van der Waals surface area contributed by atoms with E-state index >= 15 is 0 Å². The molecule has 2 rings (SSSR count). The van der Waals surface area contributed by atoms with Gasteiger partial charge in [0, 0.05) is 13.1 Å². The molecule has 1 N–H and O–H groups in total. The number of nitrogens with zero attached hydrogens (tertiary/aromatic N) is 1. The molecule has 0 aromatic heterocycles. The Morgan fingerprint density at radius 2 is 1.83 bits per heavy atom. The van der Waals surface area contributed by atoms with Crippen LogP contribution in [0.4, 0.5) is 0 Å². The third kappa shape index (κ3) is 6.85. The molecule has 0 saturated heterocycles. The predicted octanol–water partition coefficient (Wildman–Crippen LogP) is 3.40. The molecule has 0 bridgehead atoms.